The van der Waals surface area contributed by atoms with Crippen LogP contribution in [0.5, 0.6) is 0 Å². The van der Waals surface area contributed by atoms with Crippen LogP contribution in [0.15, 0.2) is 237 Å². The van der Waals surface area contributed by atoms with E-state index in [-0.39, 0.29) is 0 Å². The van der Waals surface area contributed by atoms with E-state index in [9.17, 15) is 0 Å². The lowest BCUT2D eigenvalue weighted by atomic mass is 9.92. The van der Waals surface area contributed by atoms with Gasteiger partial charge in [-0.15, -0.1) is 0 Å². The zero-order valence-electron chi connectivity index (χ0n) is 36.8. The molecule has 3 heterocycles. The van der Waals surface area contributed by atoms with Gasteiger partial charge in [-0.3, -0.25) is 0 Å². The van der Waals surface area contributed by atoms with E-state index in [0.29, 0.717) is 17.5 Å². The van der Waals surface area contributed by atoms with Gasteiger partial charge in [-0.25, -0.2) is 15.0 Å². The first-order chi connectivity index (χ1) is 33.7. The van der Waals surface area contributed by atoms with Crippen molar-refractivity contribution in [3.63, 3.8) is 0 Å². The second kappa shape index (κ2) is 15.2. The van der Waals surface area contributed by atoms with Crippen LogP contribution in [0, 0.1) is 0 Å². The van der Waals surface area contributed by atoms with Gasteiger partial charge in [-0.1, -0.05) is 194 Å². The molecule has 316 valence electrons. The Morgan fingerprint density at radius 1 is 0.279 bits per heavy atom. The maximum absolute atomic E-state index is 5.53. The molecule has 0 atom stereocenters. The average molecular weight is 866 g/mol. The van der Waals surface area contributed by atoms with Crippen LogP contribution in [-0.4, -0.2) is 24.1 Å². The summed E-state index contributed by atoms with van der Waals surface area (Å²) in [5.74, 6) is 1.83. The summed E-state index contributed by atoms with van der Waals surface area (Å²) < 4.78 is 4.85. The second-order valence-electron chi connectivity index (χ2n) is 17.6. The molecule has 0 aliphatic rings. The number of hydrogen-bond donors (Lipinski definition) is 0. The Hall–Kier alpha value is -9.19. The van der Waals surface area contributed by atoms with Crippen LogP contribution < -0.4 is 0 Å². The number of nitrogens with zero attached hydrogens (tertiary/aromatic N) is 5. The molecule has 0 bridgehead atoms. The highest BCUT2D eigenvalue weighted by Gasteiger charge is 2.24. The molecular weight excluding hydrogens is 827 g/mol. The van der Waals surface area contributed by atoms with Crippen molar-refractivity contribution in [3.8, 4) is 56.7 Å². The Balaban J connectivity index is 1.08. The van der Waals surface area contributed by atoms with Crippen molar-refractivity contribution in [1.82, 2.24) is 24.1 Å². The van der Waals surface area contributed by atoms with Gasteiger partial charge in [-0.05, 0) is 75.1 Å². The standard InChI is InChI=1S/C63H39N5/c1-4-18-40(19-5-1)53-39-58(68-57-37-44-24-11-10-23-43(44)36-54(57)52-35-32-41-20-12-13-27-47(41)60(52)68)49-29-14-15-30-51(49)59(53)63-65-61(42-21-6-2-7-22-42)64-62(66-63)45-33-34-50-48-28-16-17-31-55(48)67(56(50)38-45)46-25-8-3-9-26-46/h1-39H. The minimum Gasteiger partial charge on any atom is -0.309 e. The van der Waals surface area contributed by atoms with Crippen molar-refractivity contribution in [1.29, 1.82) is 0 Å². The molecular formula is C63H39N5. The van der Waals surface area contributed by atoms with Crippen molar-refractivity contribution in [2.45, 2.75) is 0 Å². The molecule has 0 N–H and O–H groups in total. The van der Waals surface area contributed by atoms with Crippen LogP contribution in [0.1, 0.15) is 0 Å². The third-order valence-corrected chi connectivity index (χ3v) is 13.7. The predicted octanol–water partition coefficient (Wildman–Crippen LogP) is 16.2. The van der Waals surface area contributed by atoms with Gasteiger partial charge in [0.25, 0.3) is 0 Å². The maximum Gasteiger partial charge on any atom is 0.165 e. The summed E-state index contributed by atoms with van der Waals surface area (Å²) in [4.78, 5) is 16.2. The molecule has 5 heteroatoms. The number of hydrogen-bond acceptors (Lipinski definition) is 3. The van der Waals surface area contributed by atoms with Crippen LogP contribution >= 0.6 is 0 Å². The van der Waals surface area contributed by atoms with Crippen molar-refractivity contribution < 1.29 is 0 Å². The number of rotatable bonds is 6. The molecule has 3 aromatic heterocycles. The van der Waals surface area contributed by atoms with Crippen molar-refractivity contribution >= 4 is 75.9 Å². The van der Waals surface area contributed by atoms with E-state index in [1.165, 1.54) is 48.6 Å². The van der Waals surface area contributed by atoms with E-state index in [1.54, 1.807) is 0 Å². The summed E-state index contributed by atoms with van der Waals surface area (Å²) >= 11 is 0. The zero-order chi connectivity index (χ0) is 44.7. The summed E-state index contributed by atoms with van der Waals surface area (Å²) in [7, 11) is 0. The van der Waals surface area contributed by atoms with Crippen molar-refractivity contribution in [2.75, 3.05) is 0 Å². The fourth-order valence-electron chi connectivity index (χ4n) is 10.6. The van der Waals surface area contributed by atoms with Gasteiger partial charge in [0.15, 0.2) is 17.5 Å². The van der Waals surface area contributed by atoms with E-state index < -0.39 is 0 Å². The Kier molecular flexibility index (Phi) is 8.52. The SMILES string of the molecule is c1ccc(-c2nc(-c3ccc4c5ccccc5n(-c5ccccc5)c4c3)nc(-c3c(-c4ccccc4)cc(-n4c5cc6ccccc6cc5c5ccc6ccccc6c54)c4ccccc34)n2)cc1. The maximum atomic E-state index is 5.53. The highest BCUT2D eigenvalue weighted by Crippen LogP contribution is 2.45. The molecule has 0 amide bonds. The topological polar surface area (TPSA) is 48.5 Å². The minimum absolute atomic E-state index is 0.605. The first kappa shape index (κ1) is 38.1. The molecule has 0 spiro atoms. The molecule has 14 rings (SSSR count). The van der Waals surface area contributed by atoms with E-state index in [0.717, 1.165) is 66.5 Å². The third-order valence-electron chi connectivity index (χ3n) is 13.7. The highest BCUT2D eigenvalue weighted by molar-refractivity contribution is 6.22. The van der Waals surface area contributed by atoms with Gasteiger partial charge in [0.1, 0.15) is 0 Å². The lowest BCUT2D eigenvalue weighted by Gasteiger charge is -2.20. The molecule has 0 fully saturated rings. The minimum atomic E-state index is 0.605. The van der Waals surface area contributed by atoms with Crippen LogP contribution in [0.25, 0.3) is 133 Å². The second-order valence-corrected chi connectivity index (χ2v) is 17.6. The number of para-hydroxylation sites is 2. The molecule has 14 aromatic rings. The predicted molar refractivity (Wildman–Crippen MR) is 283 cm³/mol. The van der Waals surface area contributed by atoms with Gasteiger partial charge in [0, 0.05) is 54.7 Å². The zero-order valence-corrected chi connectivity index (χ0v) is 36.8. The largest absolute Gasteiger partial charge is 0.309 e. The summed E-state index contributed by atoms with van der Waals surface area (Å²) in [6, 6.07) is 84.6. The quantitative estimate of drug-likeness (QED) is 0.167. The highest BCUT2D eigenvalue weighted by atomic mass is 15.0. The monoisotopic (exact) mass is 865 g/mol. The van der Waals surface area contributed by atoms with E-state index >= 15 is 0 Å². The fourth-order valence-corrected chi connectivity index (χ4v) is 10.6. The van der Waals surface area contributed by atoms with Crippen LogP contribution in [0.3, 0.4) is 0 Å². The third kappa shape index (κ3) is 5.93. The van der Waals surface area contributed by atoms with E-state index in [2.05, 4.69) is 228 Å². The smallest absolute Gasteiger partial charge is 0.165 e. The average Bonchev–Trinajstić information content (AvgIpc) is 3.92. The van der Waals surface area contributed by atoms with Crippen LogP contribution in [0.2, 0.25) is 0 Å². The molecule has 0 unspecified atom stereocenters. The molecule has 0 aliphatic heterocycles. The van der Waals surface area contributed by atoms with Gasteiger partial charge in [0.2, 0.25) is 0 Å². The molecule has 0 aliphatic carbocycles. The molecule has 68 heavy (non-hydrogen) atoms. The lowest BCUT2D eigenvalue weighted by Crippen LogP contribution is -2.04. The molecule has 11 aromatic carbocycles. The van der Waals surface area contributed by atoms with Gasteiger partial charge < -0.3 is 9.13 Å². The van der Waals surface area contributed by atoms with E-state index in [4.69, 9.17) is 15.0 Å². The number of fused-ring (bicyclic) bond motifs is 10. The molecule has 5 nitrogen and oxygen atoms in total. The van der Waals surface area contributed by atoms with Gasteiger partial charge in [0.05, 0.1) is 27.8 Å². The number of aromatic nitrogens is 5. The lowest BCUT2D eigenvalue weighted by molar-refractivity contribution is 1.08. The van der Waals surface area contributed by atoms with Crippen molar-refractivity contribution in [2.24, 2.45) is 0 Å². The van der Waals surface area contributed by atoms with Gasteiger partial charge in [-0.2, -0.15) is 0 Å². The van der Waals surface area contributed by atoms with Gasteiger partial charge >= 0.3 is 0 Å². The summed E-state index contributed by atoms with van der Waals surface area (Å²) in [5, 5.41) is 11.8. The fraction of sp³-hybridized carbons (Fsp3) is 0. The molecule has 0 saturated carbocycles. The first-order valence-electron chi connectivity index (χ1n) is 23.1. The first-order valence-corrected chi connectivity index (χ1v) is 23.1. The Bertz CT molecular complexity index is 4300. The Labute approximate surface area is 391 Å². The Morgan fingerprint density at radius 2 is 0.824 bits per heavy atom. The van der Waals surface area contributed by atoms with Crippen LogP contribution in [0.4, 0.5) is 0 Å². The van der Waals surface area contributed by atoms with Crippen molar-refractivity contribution in [3.05, 3.63) is 237 Å². The normalized spacial score (nSPS) is 11.8. The van der Waals surface area contributed by atoms with Crippen LogP contribution in [-0.2, 0) is 0 Å². The van der Waals surface area contributed by atoms with E-state index in [1.807, 2.05) is 18.2 Å². The molecule has 0 radical (unpaired) electrons. The summed E-state index contributed by atoms with van der Waals surface area (Å²) in [6.07, 6.45) is 0. The molecule has 0 saturated heterocycles. The number of benzene rings is 11. The summed E-state index contributed by atoms with van der Waals surface area (Å²) in [6.45, 7) is 0. The summed E-state index contributed by atoms with van der Waals surface area (Å²) in [5.41, 5.74) is 11.6. The Morgan fingerprint density at radius 3 is 1.59 bits per heavy atom.